The van der Waals surface area contributed by atoms with Crippen molar-refractivity contribution in [3.05, 3.63) is 48.7 Å². The molecule has 0 spiro atoms. The first-order valence-electron chi connectivity index (χ1n) is 5.32. The number of pyridine rings is 1. The minimum absolute atomic E-state index is 0.361. The van der Waals surface area contributed by atoms with Gasteiger partial charge in [-0.15, -0.1) is 0 Å². The molecule has 0 radical (unpaired) electrons. The summed E-state index contributed by atoms with van der Waals surface area (Å²) >= 11 is 0. The lowest BCUT2D eigenvalue weighted by Gasteiger charge is -2.05. The van der Waals surface area contributed by atoms with E-state index in [0.29, 0.717) is 6.54 Å². The summed E-state index contributed by atoms with van der Waals surface area (Å²) in [7, 11) is 0. The zero-order valence-electron chi connectivity index (χ0n) is 9.11. The van der Waals surface area contributed by atoms with Gasteiger partial charge in [-0.25, -0.2) is 9.67 Å². The molecule has 0 unspecified atom stereocenters. The number of nitrogens with zero attached hydrogens (tertiary/aromatic N) is 4. The SMILES string of the molecule is NCc1ncnn1-c1ccc2cccnc2c1. The van der Waals surface area contributed by atoms with Crippen LogP contribution >= 0.6 is 0 Å². The topological polar surface area (TPSA) is 69.6 Å². The van der Waals surface area contributed by atoms with E-state index in [1.807, 2.05) is 30.3 Å². The first kappa shape index (κ1) is 9.92. The lowest BCUT2D eigenvalue weighted by Crippen LogP contribution is -2.07. The van der Waals surface area contributed by atoms with Crippen LogP contribution in [0.5, 0.6) is 0 Å². The van der Waals surface area contributed by atoms with Crippen LogP contribution in [0.4, 0.5) is 0 Å². The van der Waals surface area contributed by atoms with E-state index < -0.39 is 0 Å². The molecule has 2 N–H and O–H groups in total. The lowest BCUT2D eigenvalue weighted by atomic mass is 10.2. The first-order chi connectivity index (χ1) is 8.38. The minimum Gasteiger partial charge on any atom is -0.324 e. The Morgan fingerprint density at radius 3 is 3.00 bits per heavy atom. The molecule has 0 atom stereocenters. The quantitative estimate of drug-likeness (QED) is 0.713. The third kappa shape index (κ3) is 1.66. The third-order valence-electron chi connectivity index (χ3n) is 2.63. The summed E-state index contributed by atoms with van der Waals surface area (Å²) in [5.41, 5.74) is 7.47. The summed E-state index contributed by atoms with van der Waals surface area (Å²) in [5, 5.41) is 5.26. The van der Waals surface area contributed by atoms with Gasteiger partial charge in [-0.05, 0) is 18.2 Å². The maximum atomic E-state index is 5.61. The van der Waals surface area contributed by atoms with Crippen molar-refractivity contribution in [2.24, 2.45) is 5.73 Å². The van der Waals surface area contributed by atoms with Gasteiger partial charge in [0.05, 0.1) is 17.7 Å². The lowest BCUT2D eigenvalue weighted by molar-refractivity contribution is 0.790. The highest BCUT2D eigenvalue weighted by Gasteiger charge is 2.05. The van der Waals surface area contributed by atoms with Gasteiger partial charge < -0.3 is 5.73 Å². The second kappa shape index (κ2) is 3.95. The van der Waals surface area contributed by atoms with Crippen molar-refractivity contribution in [2.45, 2.75) is 6.54 Å². The maximum Gasteiger partial charge on any atom is 0.145 e. The number of rotatable bonds is 2. The molecule has 17 heavy (non-hydrogen) atoms. The predicted molar refractivity (Wildman–Crippen MR) is 64.6 cm³/mol. The van der Waals surface area contributed by atoms with E-state index in [2.05, 4.69) is 15.1 Å². The molecule has 0 aliphatic heterocycles. The molecule has 3 rings (SSSR count). The van der Waals surface area contributed by atoms with Crippen LogP contribution < -0.4 is 5.73 Å². The van der Waals surface area contributed by atoms with Crippen molar-refractivity contribution in [1.82, 2.24) is 19.7 Å². The van der Waals surface area contributed by atoms with Crippen molar-refractivity contribution in [3.63, 3.8) is 0 Å². The number of nitrogens with two attached hydrogens (primary N) is 1. The Hall–Kier alpha value is -2.27. The van der Waals surface area contributed by atoms with E-state index >= 15 is 0 Å². The molecule has 0 aliphatic rings. The summed E-state index contributed by atoms with van der Waals surface area (Å²) in [5.74, 6) is 0.736. The Morgan fingerprint density at radius 1 is 1.18 bits per heavy atom. The molecular formula is C12H11N5. The van der Waals surface area contributed by atoms with E-state index in [9.17, 15) is 0 Å². The first-order valence-corrected chi connectivity index (χ1v) is 5.32. The Kier molecular flexibility index (Phi) is 2.31. The average molecular weight is 225 g/mol. The van der Waals surface area contributed by atoms with Gasteiger partial charge in [-0.1, -0.05) is 12.1 Å². The molecule has 1 aromatic carbocycles. The molecule has 3 aromatic rings. The van der Waals surface area contributed by atoms with E-state index in [4.69, 9.17) is 5.73 Å². The molecular weight excluding hydrogens is 214 g/mol. The van der Waals surface area contributed by atoms with Gasteiger partial charge in [-0.3, -0.25) is 4.98 Å². The Bertz CT molecular complexity index is 659. The normalized spacial score (nSPS) is 10.9. The van der Waals surface area contributed by atoms with Crippen molar-refractivity contribution in [3.8, 4) is 5.69 Å². The highest BCUT2D eigenvalue weighted by molar-refractivity contribution is 5.80. The van der Waals surface area contributed by atoms with Gasteiger partial charge in [0.1, 0.15) is 12.2 Å². The average Bonchev–Trinajstić information content (AvgIpc) is 2.86. The standard InChI is InChI=1S/C12H11N5/c13-7-12-15-8-16-17(12)10-4-3-9-2-1-5-14-11(9)6-10/h1-6,8H,7,13H2. The summed E-state index contributed by atoms with van der Waals surface area (Å²) < 4.78 is 1.73. The number of fused-ring (bicyclic) bond motifs is 1. The van der Waals surface area contributed by atoms with Gasteiger partial charge >= 0.3 is 0 Å². The second-order valence-electron chi connectivity index (χ2n) is 3.67. The fourth-order valence-corrected chi connectivity index (χ4v) is 1.81. The molecule has 0 amide bonds. The number of hydrogen-bond acceptors (Lipinski definition) is 4. The van der Waals surface area contributed by atoms with Crippen molar-refractivity contribution in [1.29, 1.82) is 0 Å². The number of benzene rings is 1. The summed E-state index contributed by atoms with van der Waals surface area (Å²) in [4.78, 5) is 8.41. The zero-order chi connectivity index (χ0) is 11.7. The molecule has 0 fully saturated rings. The zero-order valence-corrected chi connectivity index (χ0v) is 9.11. The third-order valence-corrected chi connectivity index (χ3v) is 2.63. The summed E-state index contributed by atoms with van der Waals surface area (Å²) in [6.45, 7) is 0.361. The Morgan fingerprint density at radius 2 is 2.12 bits per heavy atom. The molecule has 0 saturated heterocycles. The van der Waals surface area contributed by atoms with Crippen LogP contribution in [0.15, 0.2) is 42.9 Å². The molecule has 5 nitrogen and oxygen atoms in total. The van der Waals surface area contributed by atoms with Crippen LogP contribution in [0.25, 0.3) is 16.6 Å². The van der Waals surface area contributed by atoms with Crippen molar-refractivity contribution in [2.75, 3.05) is 0 Å². The van der Waals surface area contributed by atoms with Gasteiger partial charge in [0.15, 0.2) is 0 Å². The van der Waals surface area contributed by atoms with Crippen LogP contribution in [-0.4, -0.2) is 19.7 Å². The molecule has 5 heteroatoms. The highest BCUT2D eigenvalue weighted by atomic mass is 15.3. The van der Waals surface area contributed by atoms with E-state index in [1.165, 1.54) is 6.33 Å². The molecule has 0 bridgehead atoms. The summed E-state index contributed by atoms with van der Waals surface area (Å²) in [6, 6.07) is 9.92. The van der Waals surface area contributed by atoms with Gasteiger partial charge in [0.25, 0.3) is 0 Å². The monoisotopic (exact) mass is 225 g/mol. The fourth-order valence-electron chi connectivity index (χ4n) is 1.81. The highest BCUT2D eigenvalue weighted by Crippen LogP contribution is 2.16. The Labute approximate surface area is 97.9 Å². The van der Waals surface area contributed by atoms with Gasteiger partial charge in [0.2, 0.25) is 0 Å². The van der Waals surface area contributed by atoms with Gasteiger partial charge in [0, 0.05) is 11.6 Å². The van der Waals surface area contributed by atoms with Crippen LogP contribution in [0.3, 0.4) is 0 Å². The maximum absolute atomic E-state index is 5.61. The van der Waals surface area contributed by atoms with Crippen LogP contribution in [-0.2, 0) is 6.54 Å². The fraction of sp³-hybridized carbons (Fsp3) is 0.0833. The number of aromatic nitrogens is 4. The number of hydrogen-bond donors (Lipinski definition) is 1. The molecule has 2 aromatic heterocycles. The Balaban J connectivity index is 2.18. The van der Waals surface area contributed by atoms with E-state index in [1.54, 1.807) is 10.9 Å². The molecule has 0 saturated carbocycles. The molecule has 84 valence electrons. The van der Waals surface area contributed by atoms with Crippen LogP contribution in [0, 0.1) is 0 Å². The molecule has 0 aliphatic carbocycles. The van der Waals surface area contributed by atoms with E-state index in [-0.39, 0.29) is 0 Å². The molecule has 2 heterocycles. The van der Waals surface area contributed by atoms with Crippen LogP contribution in [0.1, 0.15) is 5.82 Å². The predicted octanol–water partition coefficient (Wildman–Crippen LogP) is 1.27. The van der Waals surface area contributed by atoms with Crippen molar-refractivity contribution < 1.29 is 0 Å². The van der Waals surface area contributed by atoms with Crippen molar-refractivity contribution >= 4 is 10.9 Å². The van der Waals surface area contributed by atoms with Gasteiger partial charge in [-0.2, -0.15) is 5.10 Å². The smallest absolute Gasteiger partial charge is 0.145 e. The minimum atomic E-state index is 0.361. The van der Waals surface area contributed by atoms with Crippen LogP contribution in [0.2, 0.25) is 0 Å². The second-order valence-corrected chi connectivity index (χ2v) is 3.67. The van der Waals surface area contributed by atoms with E-state index in [0.717, 1.165) is 22.4 Å². The summed E-state index contributed by atoms with van der Waals surface area (Å²) in [6.07, 6.45) is 3.28. The largest absolute Gasteiger partial charge is 0.324 e.